The van der Waals surface area contributed by atoms with Gasteiger partial charge >= 0.3 is 0 Å². The van der Waals surface area contributed by atoms with Gasteiger partial charge < -0.3 is 9.30 Å². The van der Waals surface area contributed by atoms with Gasteiger partial charge in [0.1, 0.15) is 30.5 Å². The lowest BCUT2D eigenvalue weighted by atomic mass is 10.0. The van der Waals surface area contributed by atoms with E-state index < -0.39 is 0 Å². The normalized spacial score (nSPS) is 20.5. The first-order valence-electron chi connectivity index (χ1n) is 9.39. The molecule has 7 nitrogen and oxygen atoms in total. The Morgan fingerprint density at radius 1 is 1.26 bits per heavy atom. The average molecular weight is 362 g/mol. The zero-order valence-corrected chi connectivity index (χ0v) is 15.5. The molecular weight excluding hydrogens is 340 g/mol. The van der Waals surface area contributed by atoms with Gasteiger partial charge in [-0.05, 0) is 38.8 Å². The van der Waals surface area contributed by atoms with Crippen LogP contribution in [0.5, 0.6) is 0 Å². The zero-order chi connectivity index (χ0) is 18.4. The number of benzene rings is 1. The third kappa shape index (κ3) is 2.88. The van der Waals surface area contributed by atoms with E-state index in [0.29, 0.717) is 12.6 Å². The summed E-state index contributed by atoms with van der Waals surface area (Å²) in [5.74, 6) is 0.991. The fourth-order valence-corrected chi connectivity index (χ4v) is 4.11. The molecular formula is C20H22N6O. The van der Waals surface area contributed by atoms with Crippen LogP contribution in [-0.4, -0.2) is 42.0 Å². The lowest BCUT2D eigenvalue weighted by molar-refractivity contribution is 0.00619. The van der Waals surface area contributed by atoms with Crippen LogP contribution in [0, 0.1) is 6.92 Å². The molecule has 0 aliphatic carbocycles. The van der Waals surface area contributed by atoms with Crippen molar-refractivity contribution in [2.75, 3.05) is 6.61 Å². The van der Waals surface area contributed by atoms with Crippen LogP contribution in [0.1, 0.15) is 37.2 Å². The van der Waals surface area contributed by atoms with Crippen molar-refractivity contribution in [1.29, 1.82) is 0 Å². The number of aryl methyl sites for hydroxylation is 1. The molecule has 5 rings (SSSR count). The van der Waals surface area contributed by atoms with Crippen molar-refractivity contribution in [2.45, 2.75) is 45.4 Å². The van der Waals surface area contributed by atoms with Gasteiger partial charge in [-0.15, -0.1) is 0 Å². The number of hydrogen-bond acceptors (Lipinski definition) is 5. The van der Waals surface area contributed by atoms with Crippen LogP contribution >= 0.6 is 0 Å². The lowest BCUT2D eigenvalue weighted by Gasteiger charge is -2.30. The molecule has 1 aliphatic heterocycles. The second-order valence-electron chi connectivity index (χ2n) is 7.36. The van der Waals surface area contributed by atoms with Crippen LogP contribution in [0.3, 0.4) is 0 Å². The van der Waals surface area contributed by atoms with Crippen molar-refractivity contribution in [3.8, 4) is 0 Å². The van der Waals surface area contributed by atoms with E-state index in [1.807, 2.05) is 10.9 Å². The van der Waals surface area contributed by atoms with E-state index in [0.717, 1.165) is 47.2 Å². The quantitative estimate of drug-likeness (QED) is 0.559. The first kappa shape index (κ1) is 16.4. The molecule has 0 radical (unpaired) electrons. The Morgan fingerprint density at radius 2 is 2.19 bits per heavy atom. The monoisotopic (exact) mass is 362 g/mol. The standard InChI is InChI=1S/C20H22N6O/c1-13-3-4-17-16(7-13)20-18(9-22-17)24-19(10-25-12-21-11-23-25)26(20)15-5-6-27-14(2)8-15/h3-4,7,9,11-12,14-15H,5-6,8,10H2,1-2H3/t14-,15-/m1/s1. The molecule has 27 heavy (non-hydrogen) atoms. The summed E-state index contributed by atoms with van der Waals surface area (Å²) in [6.45, 7) is 5.63. The van der Waals surface area contributed by atoms with Gasteiger partial charge in [-0.25, -0.2) is 14.6 Å². The van der Waals surface area contributed by atoms with Crippen molar-refractivity contribution in [3.05, 3.63) is 48.4 Å². The lowest BCUT2D eigenvalue weighted by Crippen LogP contribution is -2.27. The van der Waals surface area contributed by atoms with Crippen molar-refractivity contribution < 1.29 is 4.74 Å². The van der Waals surface area contributed by atoms with E-state index in [1.54, 1.807) is 12.7 Å². The molecule has 2 atom stereocenters. The molecule has 1 aliphatic rings. The molecule has 1 fully saturated rings. The molecule has 4 heterocycles. The summed E-state index contributed by atoms with van der Waals surface area (Å²) in [5, 5.41) is 5.43. The van der Waals surface area contributed by atoms with E-state index in [1.165, 1.54) is 5.56 Å². The number of fused-ring (bicyclic) bond motifs is 3. The number of hydrogen-bond donors (Lipinski definition) is 0. The third-order valence-electron chi connectivity index (χ3n) is 5.34. The SMILES string of the molecule is Cc1ccc2ncc3nc(Cn4cncn4)n([C@@H]4CCO[C@H](C)C4)c3c2c1. The number of nitrogens with zero attached hydrogens (tertiary/aromatic N) is 6. The topological polar surface area (TPSA) is 70.7 Å². The van der Waals surface area contributed by atoms with Gasteiger partial charge in [-0.1, -0.05) is 11.6 Å². The Bertz CT molecular complexity index is 1100. The van der Waals surface area contributed by atoms with Gasteiger partial charge in [0.2, 0.25) is 0 Å². The predicted molar refractivity (Wildman–Crippen MR) is 103 cm³/mol. The summed E-state index contributed by atoms with van der Waals surface area (Å²) in [6.07, 6.45) is 7.38. The van der Waals surface area contributed by atoms with Crippen LogP contribution in [0.2, 0.25) is 0 Å². The first-order chi connectivity index (χ1) is 13.2. The molecule has 3 aromatic heterocycles. The third-order valence-corrected chi connectivity index (χ3v) is 5.34. The van der Waals surface area contributed by atoms with E-state index in [2.05, 4.69) is 51.7 Å². The molecule has 7 heteroatoms. The number of imidazole rings is 1. The number of rotatable bonds is 3. The molecule has 0 bridgehead atoms. The first-order valence-corrected chi connectivity index (χ1v) is 9.39. The minimum Gasteiger partial charge on any atom is -0.378 e. The molecule has 1 saturated heterocycles. The van der Waals surface area contributed by atoms with Gasteiger partial charge in [-0.2, -0.15) is 5.10 Å². The maximum atomic E-state index is 5.80. The largest absolute Gasteiger partial charge is 0.378 e. The summed E-state index contributed by atoms with van der Waals surface area (Å²) in [7, 11) is 0. The highest BCUT2D eigenvalue weighted by Gasteiger charge is 2.26. The second kappa shape index (κ2) is 6.42. The maximum Gasteiger partial charge on any atom is 0.137 e. The molecule has 0 spiro atoms. The average Bonchev–Trinajstić information content (AvgIpc) is 3.29. The minimum atomic E-state index is 0.246. The van der Waals surface area contributed by atoms with Crippen LogP contribution in [0.25, 0.3) is 21.9 Å². The van der Waals surface area contributed by atoms with E-state index >= 15 is 0 Å². The van der Waals surface area contributed by atoms with Crippen molar-refractivity contribution >= 4 is 21.9 Å². The van der Waals surface area contributed by atoms with Crippen LogP contribution < -0.4 is 0 Å². The van der Waals surface area contributed by atoms with E-state index in [4.69, 9.17) is 9.72 Å². The summed E-state index contributed by atoms with van der Waals surface area (Å²) in [6, 6.07) is 6.76. The summed E-state index contributed by atoms with van der Waals surface area (Å²) < 4.78 is 10.0. The minimum absolute atomic E-state index is 0.246. The molecule has 1 aromatic carbocycles. The van der Waals surface area contributed by atoms with E-state index in [-0.39, 0.29) is 6.10 Å². The smallest absolute Gasteiger partial charge is 0.137 e. The fraction of sp³-hybridized carbons (Fsp3) is 0.400. The fourth-order valence-electron chi connectivity index (χ4n) is 4.11. The van der Waals surface area contributed by atoms with Crippen LogP contribution in [0.4, 0.5) is 0 Å². The van der Waals surface area contributed by atoms with Gasteiger partial charge in [0, 0.05) is 18.0 Å². The zero-order valence-electron chi connectivity index (χ0n) is 15.5. The predicted octanol–water partition coefficient (Wildman–Crippen LogP) is 3.27. The number of pyridine rings is 1. The molecule has 0 amide bonds. The highest BCUT2D eigenvalue weighted by molar-refractivity contribution is 6.02. The Labute approximate surface area is 157 Å². The van der Waals surface area contributed by atoms with Crippen molar-refractivity contribution in [2.24, 2.45) is 0 Å². The van der Waals surface area contributed by atoms with Crippen LogP contribution in [0.15, 0.2) is 37.1 Å². The molecule has 4 aromatic rings. The van der Waals surface area contributed by atoms with Gasteiger partial charge in [-0.3, -0.25) is 4.98 Å². The van der Waals surface area contributed by atoms with Crippen molar-refractivity contribution in [3.63, 3.8) is 0 Å². The summed E-state index contributed by atoms with van der Waals surface area (Å²) in [5.41, 5.74) is 4.32. The van der Waals surface area contributed by atoms with Crippen molar-refractivity contribution in [1.82, 2.24) is 29.3 Å². The number of aromatic nitrogens is 6. The maximum absolute atomic E-state index is 5.80. The summed E-state index contributed by atoms with van der Waals surface area (Å²) in [4.78, 5) is 13.6. The Balaban J connectivity index is 1.76. The Kier molecular flexibility index (Phi) is 3.89. The summed E-state index contributed by atoms with van der Waals surface area (Å²) >= 11 is 0. The number of ether oxygens (including phenoxy) is 1. The van der Waals surface area contributed by atoms with Crippen LogP contribution in [-0.2, 0) is 11.3 Å². The van der Waals surface area contributed by atoms with E-state index in [9.17, 15) is 0 Å². The highest BCUT2D eigenvalue weighted by atomic mass is 16.5. The highest BCUT2D eigenvalue weighted by Crippen LogP contribution is 2.34. The molecule has 0 saturated carbocycles. The van der Waals surface area contributed by atoms with Gasteiger partial charge in [0.25, 0.3) is 0 Å². The molecule has 138 valence electrons. The van der Waals surface area contributed by atoms with Gasteiger partial charge in [0.05, 0.1) is 23.3 Å². The second-order valence-corrected chi connectivity index (χ2v) is 7.36. The molecule has 0 N–H and O–H groups in total. The van der Waals surface area contributed by atoms with Gasteiger partial charge in [0.15, 0.2) is 0 Å². The Morgan fingerprint density at radius 3 is 3.00 bits per heavy atom. The molecule has 0 unspecified atom stereocenters. The Hall–Kier alpha value is -2.80.